The summed E-state index contributed by atoms with van der Waals surface area (Å²) in [7, 11) is 0. The van der Waals surface area contributed by atoms with E-state index >= 15 is 0 Å². The number of aryl methyl sites for hydroxylation is 2. The Morgan fingerprint density at radius 2 is 1.53 bits per heavy atom. The van der Waals surface area contributed by atoms with Crippen LogP contribution in [0, 0.1) is 19.7 Å². The number of nitrogens with zero attached hydrogens (tertiary/aromatic N) is 2. The molecule has 4 rings (SSSR count). The van der Waals surface area contributed by atoms with Crippen molar-refractivity contribution in [1.82, 2.24) is 4.90 Å². The van der Waals surface area contributed by atoms with Crippen LogP contribution < -0.4 is 4.90 Å². The van der Waals surface area contributed by atoms with Crippen LogP contribution in [0.2, 0.25) is 0 Å². The van der Waals surface area contributed by atoms with Gasteiger partial charge in [0.15, 0.2) is 0 Å². The van der Waals surface area contributed by atoms with Crippen LogP contribution >= 0.6 is 0 Å². The van der Waals surface area contributed by atoms with Gasteiger partial charge in [-0.05, 0) is 43.7 Å². The standard InChI is InChI=1S/C26H23FN2O3/c1-17-7-11-19(12-8-17)16-28(25(31)21-5-3-4-6-22(21)27)23-15-24(30)29(26(23)32)20-13-9-18(2)10-14-20/h3-14,23H,15-16H2,1-2H3. The van der Waals surface area contributed by atoms with E-state index in [1.807, 2.05) is 50.2 Å². The third kappa shape index (κ3) is 4.17. The molecule has 0 aliphatic carbocycles. The van der Waals surface area contributed by atoms with Gasteiger partial charge < -0.3 is 4.90 Å². The van der Waals surface area contributed by atoms with E-state index in [4.69, 9.17) is 0 Å². The predicted molar refractivity (Wildman–Crippen MR) is 120 cm³/mol. The van der Waals surface area contributed by atoms with Gasteiger partial charge in [0.1, 0.15) is 11.9 Å². The third-order valence-corrected chi connectivity index (χ3v) is 5.63. The minimum Gasteiger partial charge on any atom is -0.322 e. The summed E-state index contributed by atoms with van der Waals surface area (Å²) in [6.45, 7) is 3.94. The molecule has 1 fully saturated rings. The van der Waals surface area contributed by atoms with Crippen molar-refractivity contribution in [3.8, 4) is 0 Å². The highest BCUT2D eigenvalue weighted by Crippen LogP contribution is 2.28. The summed E-state index contributed by atoms with van der Waals surface area (Å²) in [5, 5.41) is 0. The molecule has 3 aromatic carbocycles. The molecule has 1 heterocycles. The topological polar surface area (TPSA) is 57.7 Å². The summed E-state index contributed by atoms with van der Waals surface area (Å²) in [6, 6.07) is 19.2. The van der Waals surface area contributed by atoms with E-state index in [1.54, 1.807) is 18.2 Å². The van der Waals surface area contributed by atoms with Gasteiger partial charge in [-0.15, -0.1) is 0 Å². The summed E-state index contributed by atoms with van der Waals surface area (Å²) in [5.74, 6) is -2.17. The number of anilines is 1. The molecule has 0 spiro atoms. The number of rotatable bonds is 5. The number of hydrogen-bond donors (Lipinski definition) is 0. The predicted octanol–water partition coefficient (Wildman–Crippen LogP) is 4.42. The fraction of sp³-hybridized carbons (Fsp3) is 0.192. The minimum atomic E-state index is -1.02. The van der Waals surface area contributed by atoms with Gasteiger partial charge in [-0.25, -0.2) is 9.29 Å². The van der Waals surface area contributed by atoms with E-state index < -0.39 is 23.7 Å². The van der Waals surface area contributed by atoms with E-state index in [0.29, 0.717) is 5.69 Å². The van der Waals surface area contributed by atoms with Crippen LogP contribution in [0.1, 0.15) is 33.5 Å². The van der Waals surface area contributed by atoms with Crippen molar-refractivity contribution in [1.29, 1.82) is 0 Å². The number of benzene rings is 3. The van der Waals surface area contributed by atoms with E-state index in [0.717, 1.165) is 21.6 Å². The zero-order valence-corrected chi connectivity index (χ0v) is 17.9. The number of carbonyl (C=O) groups is 3. The van der Waals surface area contributed by atoms with Gasteiger partial charge in [-0.3, -0.25) is 14.4 Å². The molecule has 32 heavy (non-hydrogen) atoms. The lowest BCUT2D eigenvalue weighted by molar-refractivity contribution is -0.122. The van der Waals surface area contributed by atoms with Crippen LogP contribution in [-0.4, -0.2) is 28.7 Å². The molecule has 3 amide bonds. The average Bonchev–Trinajstić information content (AvgIpc) is 3.07. The highest BCUT2D eigenvalue weighted by molar-refractivity contribution is 6.23. The first kappa shape index (κ1) is 21.4. The van der Waals surface area contributed by atoms with Crippen LogP contribution in [-0.2, 0) is 16.1 Å². The first-order valence-electron chi connectivity index (χ1n) is 10.4. The van der Waals surface area contributed by atoms with Crippen LogP contribution in [0.3, 0.4) is 0 Å². The lowest BCUT2D eigenvalue weighted by Crippen LogP contribution is -2.45. The third-order valence-electron chi connectivity index (χ3n) is 5.63. The molecule has 1 aliphatic heterocycles. The van der Waals surface area contributed by atoms with Crippen molar-refractivity contribution < 1.29 is 18.8 Å². The quantitative estimate of drug-likeness (QED) is 0.563. The Kier molecular flexibility index (Phi) is 5.86. The van der Waals surface area contributed by atoms with E-state index in [1.165, 1.54) is 23.1 Å². The largest absolute Gasteiger partial charge is 0.322 e. The molecule has 0 saturated carbocycles. The number of amides is 3. The second kappa shape index (κ2) is 8.75. The number of halogens is 1. The molecule has 0 bridgehead atoms. The highest BCUT2D eigenvalue weighted by atomic mass is 19.1. The molecule has 5 nitrogen and oxygen atoms in total. The van der Waals surface area contributed by atoms with Crippen molar-refractivity contribution >= 4 is 23.4 Å². The fourth-order valence-corrected chi connectivity index (χ4v) is 3.83. The van der Waals surface area contributed by atoms with Gasteiger partial charge in [-0.1, -0.05) is 59.7 Å². The Morgan fingerprint density at radius 3 is 2.16 bits per heavy atom. The molecule has 162 valence electrons. The van der Waals surface area contributed by atoms with E-state index in [9.17, 15) is 18.8 Å². The molecular formula is C26H23FN2O3. The molecular weight excluding hydrogens is 407 g/mol. The zero-order valence-electron chi connectivity index (χ0n) is 17.9. The smallest absolute Gasteiger partial charge is 0.257 e. The molecule has 0 N–H and O–H groups in total. The normalized spacial score (nSPS) is 15.8. The Labute approximate surface area is 186 Å². The Morgan fingerprint density at radius 1 is 0.938 bits per heavy atom. The zero-order chi connectivity index (χ0) is 22.8. The van der Waals surface area contributed by atoms with Crippen molar-refractivity contribution in [3.05, 3.63) is 101 Å². The maximum absolute atomic E-state index is 14.4. The maximum Gasteiger partial charge on any atom is 0.257 e. The number of imide groups is 1. The monoisotopic (exact) mass is 430 g/mol. The van der Waals surface area contributed by atoms with Gasteiger partial charge in [-0.2, -0.15) is 0 Å². The molecule has 0 aromatic heterocycles. The van der Waals surface area contributed by atoms with Crippen molar-refractivity contribution in [2.75, 3.05) is 4.90 Å². The first-order chi connectivity index (χ1) is 15.3. The summed E-state index contributed by atoms with van der Waals surface area (Å²) in [4.78, 5) is 41.9. The summed E-state index contributed by atoms with van der Waals surface area (Å²) >= 11 is 0. The fourth-order valence-electron chi connectivity index (χ4n) is 3.83. The van der Waals surface area contributed by atoms with E-state index in [2.05, 4.69) is 0 Å². The molecule has 1 saturated heterocycles. The molecule has 1 atom stereocenters. The maximum atomic E-state index is 14.4. The van der Waals surface area contributed by atoms with Gasteiger partial charge in [0.05, 0.1) is 17.7 Å². The Bertz CT molecular complexity index is 1170. The Balaban J connectivity index is 1.70. The van der Waals surface area contributed by atoms with Crippen molar-refractivity contribution in [2.24, 2.45) is 0 Å². The highest BCUT2D eigenvalue weighted by Gasteiger charge is 2.44. The summed E-state index contributed by atoms with van der Waals surface area (Å²) in [6.07, 6.45) is -0.154. The minimum absolute atomic E-state index is 0.0822. The lowest BCUT2D eigenvalue weighted by atomic mass is 10.1. The van der Waals surface area contributed by atoms with Gasteiger partial charge in [0.2, 0.25) is 5.91 Å². The van der Waals surface area contributed by atoms with Crippen molar-refractivity contribution in [3.63, 3.8) is 0 Å². The van der Waals surface area contributed by atoms with Crippen LogP contribution in [0.5, 0.6) is 0 Å². The molecule has 0 radical (unpaired) electrons. The molecule has 1 unspecified atom stereocenters. The van der Waals surface area contributed by atoms with Crippen LogP contribution in [0.25, 0.3) is 0 Å². The summed E-state index contributed by atoms with van der Waals surface area (Å²) < 4.78 is 14.4. The number of hydrogen-bond acceptors (Lipinski definition) is 3. The second-order valence-corrected chi connectivity index (χ2v) is 8.02. The molecule has 3 aromatic rings. The molecule has 6 heteroatoms. The Hall–Kier alpha value is -3.80. The molecule has 1 aliphatic rings. The summed E-state index contributed by atoms with van der Waals surface area (Å²) in [5.41, 5.74) is 3.17. The SMILES string of the molecule is Cc1ccc(CN(C(=O)c2ccccc2F)C2CC(=O)N(c3ccc(C)cc3)C2=O)cc1. The van der Waals surface area contributed by atoms with Crippen LogP contribution in [0.15, 0.2) is 72.8 Å². The van der Waals surface area contributed by atoms with Crippen molar-refractivity contribution in [2.45, 2.75) is 32.9 Å². The van der Waals surface area contributed by atoms with E-state index in [-0.39, 0.29) is 24.4 Å². The second-order valence-electron chi connectivity index (χ2n) is 8.02. The van der Waals surface area contributed by atoms with Gasteiger partial charge in [0.25, 0.3) is 11.8 Å². The average molecular weight is 430 g/mol. The van der Waals surface area contributed by atoms with Crippen LogP contribution in [0.4, 0.5) is 10.1 Å². The number of carbonyl (C=O) groups excluding carboxylic acids is 3. The van der Waals surface area contributed by atoms with Gasteiger partial charge >= 0.3 is 0 Å². The first-order valence-corrected chi connectivity index (χ1v) is 10.4. The van der Waals surface area contributed by atoms with Gasteiger partial charge in [0, 0.05) is 6.54 Å². The lowest BCUT2D eigenvalue weighted by Gasteiger charge is -2.28.